The van der Waals surface area contributed by atoms with Crippen LogP contribution in [0.4, 0.5) is 0 Å². The summed E-state index contributed by atoms with van der Waals surface area (Å²) in [6, 6.07) is 4.59. The van der Waals surface area contributed by atoms with E-state index in [4.69, 9.17) is 5.73 Å². The van der Waals surface area contributed by atoms with Gasteiger partial charge in [-0.25, -0.2) is 5.01 Å². The van der Waals surface area contributed by atoms with Crippen LogP contribution in [0.2, 0.25) is 0 Å². The fourth-order valence-electron chi connectivity index (χ4n) is 2.88. The molecular formula is C18H27N5O4. The van der Waals surface area contributed by atoms with Crippen molar-refractivity contribution in [3.8, 4) is 0 Å². The maximum Gasteiger partial charge on any atom is 0.286 e. The van der Waals surface area contributed by atoms with E-state index < -0.39 is 18.1 Å². The Labute approximate surface area is 158 Å². The molecule has 1 aliphatic heterocycles. The number of nitrogens with one attached hydrogen (secondary N) is 1. The van der Waals surface area contributed by atoms with Gasteiger partial charge in [0.15, 0.2) is 0 Å². The van der Waals surface area contributed by atoms with Gasteiger partial charge in [-0.1, -0.05) is 13.0 Å². The number of hydrogen-bond acceptors (Lipinski definition) is 6. The molecule has 3 atom stereocenters. The summed E-state index contributed by atoms with van der Waals surface area (Å²) in [7, 11) is 1.76. The Kier molecular flexibility index (Phi) is 7.26. The van der Waals surface area contributed by atoms with Crippen molar-refractivity contribution in [3.63, 3.8) is 0 Å². The Bertz CT molecular complexity index is 669. The van der Waals surface area contributed by atoms with E-state index in [2.05, 4.69) is 10.3 Å². The summed E-state index contributed by atoms with van der Waals surface area (Å²) in [5, 5.41) is 16.5. The van der Waals surface area contributed by atoms with E-state index in [1.165, 1.54) is 11.2 Å². The van der Waals surface area contributed by atoms with Crippen molar-refractivity contribution in [3.05, 3.63) is 30.1 Å². The zero-order chi connectivity index (χ0) is 20.0. The number of carbonyl (C=O) groups is 3. The molecule has 0 aromatic carbocycles. The van der Waals surface area contributed by atoms with Gasteiger partial charge in [0.05, 0.1) is 18.7 Å². The van der Waals surface area contributed by atoms with Crippen LogP contribution < -0.4 is 11.1 Å². The monoisotopic (exact) mass is 377 g/mol. The molecule has 4 N–H and O–H groups in total. The molecule has 0 spiro atoms. The average molecular weight is 377 g/mol. The van der Waals surface area contributed by atoms with Crippen LogP contribution in [0.5, 0.6) is 0 Å². The second-order valence-corrected chi connectivity index (χ2v) is 6.86. The van der Waals surface area contributed by atoms with Crippen LogP contribution in [0.3, 0.4) is 0 Å². The molecule has 9 heteroatoms. The fourth-order valence-corrected chi connectivity index (χ4v) is 2.88. The number of rotatable bonds is 6. The van der Waals surface area contributed by atoms with Crippen molar-refractivity contribution in [2.24, 2.45) is 11.7 Å². The first kappa shape index (κ1) is 20.8. The molecule has 2 heterocycles. The van der Waals surface area contributed by atoms with Gasteiger partial charge in [-0.05, 0) is 25.0 Å². The summed E-state index contributed by atoms with van der Waals surface area (Å²) in [6.07, 6.45) is 1.62. The second kappa shape index (κ2) is 9.43. The number of β-amino-alcohol motifs (C(OH)–C–C–N with tert-alkyl or cyclic N) is 1. The van der Waals surface area contributed by atoms with Gasteiger partial charge in [0, 0.05) is 32.1 Å². The first-order chi connectivity index (χ1) is 12.8. The van der Waals surface area contributed by atoms with E-state index in [1.54, 1.807) is 37.2 Å². The van der Waals surface area contributed by atoms with Gasteiger partial charge in [-0.3, -0.25) is 24.4 Å². The van der Waals surface area contributed by atoms with Crippen LogP contribution in [0.15, 0.2) is 24.4 Å². The van der Waals surface area contributed by atoms with Crippen molar-refractivity contribution < 1.29 is 19.5 Å². The molecule has 0 radical (unpaired) electrons. The molecule has 27 heavy (non-hydrogen) atoms. The normalized spacial score (nSPS) is 22.0. The number of aliphatic hydroxyl groups is 1. The molecule has 1 aromatic rings. The number of amides is 3. The number of pyridine rings is 1. The van der Waals surface area contributed by atoms with Crippen molar-refractivity contribution in [2.75, 3.05) is 20.1 Å². The SMILES string of the molecule is CC(CCC(=O)NC1CCN(C)N(C(=O)c2ccccn2)CC1O)C(N)=O. The lowest BCUT2D eigenvalue weighted by Gasteiger charge is -2.30. The summed E-state index contributed by atoms with van der Waals surface area (Å²) in [4.78, 5) is 39.9. The van der Waals surface area contributed by atoms with Crippen molar-refractivity contribution in [1.82, 2.24) is 20.3 Å². The summed E-state index contributed by atoms with van der Waals surface area (Å²) in [5.74, 6) is -1.38. The topological polar surface area (TPSA) is 129 Å². The molecular weight excluding hydrogens is 350 g/mol. The standard InChI is InChI=1S/C18H27N5O4/c1-12(17(19)26)6-7-16(25)21-13-8-10-22(2)23(11-15(13)24)18(27)14-5-3-4-9-20-14/h3-5,9,12-13,15,24H,6-8,10-11H2,1-2H3,(H2,19,26)(H,21,25). The Morgan fingerprint density at radius 1 is 1.41 bits per heavy atom. The second-order valence-electron chi connectivity index (χ2n) is 6.86. The van der Waals surface area contributed by atoms with Crippen LogP contribution in [-0.2, 0) is 9.59 Å². The lowest BCUT2D eigenvalue weighted by Crippen LogP contribution is -2.49. The zero-order valence-corrected chi connectivity index (χ0v) is 15.7. The van der Waals surface area contributed by atoms with E-state index >= 15 is 0 Å². The van der Waals surface area contributed by atoms with E-state index in [9.17, 15) is 19.5 Å². The van der Waals surface area contributed by atoms with Crippen LogP contribution >= 0.6 is 0 Å². The van der Waals surface area contributed by atoms with Gasteiger partial charge in [-0.15, -0.1) is 0 Å². The number of hydrazine groups is 1. The predicted octanol–water partition coefficient (Wildman–Crippen LogP) is -0.478. The van der Waals surface area contributed by atoms with E-state index in [0.29, 0.717) is 25.1 Å². The van der Waals surface area contributed by atoms with E-state index in [-0.39, 0.29) is 30.7 Å². The largest absolute Gasteiger partial charge is 0.389 e. The highest BCUT2D eigenvalue weighted by Crippen LogP contribution is 2.15. The third-order valence-electron chi connectivity index (χ3n) is 4.76. The quantitative estimate of drug-likeness (QED) is 0.614. The van der Waals surface area contributed by atoms with Gasteiger partial charge in [0.2, 0.25) is 11.8 Å². The number of aromatic nitrogens is 1. The minimum atomic E-state index is -0.917. The molecule has 1 aliphatic rings. The third-order valence-corrected chi connectivity index (χ3v) is 4.76. The van der Waals surface area contributed by atoms with Gasteiger partial charge in [0.25, 0.3) is 5.91 Å². The smallest absolute Gasteiger partial charge is 0.286 e. The highest BCUT2D eigenvalue weighted by molar-refractivity contribution is 5.92. The van der Waals surface area contributed by atoms with Crippen molar-refractivity contribution in [1.29, 1.82) is 0 Å². The molecule has 148 valence electrons. The first-order valence-corrected chi connectivity index (χ1v) is 9.00. The van der Waals surface area contributed by atoms with Crippen molar-refractivity contribution >= 4 is 17.7 Å². The molecule has 0 bridgehead atoms. The number of nitrogens with zero attached hydrogens (tertiary/aromatic N) is 3. The molecule has 0 saturated carbocycles. The number of primary amides is 1. The molecule has 3 unspecified atom stereocenters. The lowest BCUT2D eigenvalue weighted by molar-refractivity contribution is -0.124. The van der Waals surface area contributed by atoms with Gasteiger partial charge >= 0.3 is 0 Å². The molecule has 1 saturated heterocycles. The summed E-state index contributed by atoms with van der Waals surface area (Å²) < 4.78 is 0. The van der Waals surface area contributed by atoms with Gasteiger partial charge in [-0.2, -0.15) is 0 Å². The molecule has 9 nitrogen and oxygen atoms in total. The van der Waals surface area contributed by atoms with Crippen LogP contribution in [-0.4, -0.2) is 70.1 Å². The minimum absolute atomic E-state index is 0.0501. The highest BCUT2D eigenvalue weighted by atomic mass is 16.3. The van der Waals surface area contributed by atoms with E-state index in [1.807, 2.05) is 0 Å². The van der Waals surface area contributed by atoms with Crippen LogP contribution in [0.25, 0.3) is 0 Å². The molecule has 3 amide bonds. The Balaban J connectivity index is 1.96. The molecule has 1 fully saturated rings. The number of carbonyl (C=O) groups excluding carboxylic acids is 3. The Hall–Kier alpha value is -2.52. The number of aliphatic hydroxyl groups excluding tert-OH is 1. The van der Waals surface area contributed by atoms with Gasteiger partial charge in [0.1, 0.15) is 5.69 Å². The first-order valence-electron chi connectivity index (χ1n) is 9.00. The highest BCUT2D eigenvalue weighted by Gasteiger charge is 2.32. The summed E-state index contributed by atoms with van der Waals surface area (Å²) in [5.41, 5.74) is 5.49. The summed E-state index contributed by atoms with van der Waals surface area (Å²) >= 11 is 0. The van der Waals surface area contributed by atoms with Crippen molar-refractivity contribution in [2.45, 2.75) is 38.3 Å². The van der Waals surface area contributed by atoms with Gasteiger partial charge < -0.3 is 16.2 Å². The lowest BCUT2D eigenvalue weighted by atomic mass is 10.0. The zero-order valence-electron chi connectivity index (χ0n) is 15.7. The maximum atomic E-state index is 12.7. The fraction of sp³-hybridized carbons (Fsp3) is 0.556. The molecule has 0 aliphatic carbocycles. The predicted molar refractivity (Wildman–Crippen MR) is 98.1 cm³/mol. The van der Waals surface area contributed by atoms with Crippen LogP contribution in [0, 0.1) is 5.92 Å². The van der Waals surface area contributed by atoms with Crippen LogP contribution in [0.1, 0.15) is 36.7 Å². The number of nitrogens with two attached hydrogens (primary N) is 1. The Morgan fingerprint density at radius 2 is 2.15 bits per heavy atom. The van der Waals surface area contributed by atoms with E-state index in [0.717, 1.165) is 0 Å². The Morgan fingerprint density at radius 3 is 2.78 bits per heavy atom. The number of hydrogen-bond donors (Lipinski definition) is 3. The maximum absolute atomic E-state index is 12.7. The molecule has 1 aromatic heterocycles. The summed E-state index contributed by atoms with van der Waals surface area (Å²) in [6.45, 7) is 2.21. The third kappa shape index (κ3) is 5.73. The minimum Gasteiger partial charge on any atom is -0.389 e. The molecule has 2 rings (SSSR count). The average Bonchev–Trinajstić information content (AvgIpc) is 2.79.